The third kappa shape index (κ3) is 8.33. The molecule has 1 saturated carbocycles. The molecule has 0 radical (unpaired) electrons. The first-order chi connectivity index (χ1) is 13.0. The van der Waals surface area contributed by atoms with Crippen molar-refractivity contribution in [2.75, 3.05) is 0 Å². The predicted molar refractivity (Wildman–Crippen MR) is 101 cm³/mol. The summed E-state index contributed by atoms with van der Waals surface area (Å²) in [4.78, 5) is 34.6. The maximum Gasteiger partial charge on any atom is 0.305 e. The van der Waals surface area contributed by atoms with Gasteiger partial charge in [0.15, 0.2) is 0 Å². The Hall–Kier alpha value is -1.37. The van der Waals surface area contributed by atoms with Gasteiger partial charge in [-0.3, -0.25) is 14.4 Å². The Morgan fingerprint density at radius 1 is 1.11 bits per heavy atom. The van der Waals surface area contributed by atoms with Crippen molar-refractivity contribution < 1.29 is 33.4 Å². The van der Waals surface area contributed by atoms with Gasteiger partial charge in [0, 0.05) is 31.6 Å². The first-order valence-electron chi connectivity index (χ1n) is 10.4. The number of aliphatic hydroxyl groups is 1. The van der Waals surface area contributed by atoms with E-state index in [9.17, 15) is 28.3 Å². The number of aliphatic carboxylic acids is 1. The fourth-order valence-electron chi connectivity index (χ4n) is 3.87. The van der Waals surface area contributed by atoms with Crippen LogP contribution >= 0.6 is 0 Å². The lowest BCUT2D eigenvalue weighted by Crippen LogP contribution is -2.30. The minimum absolute atomic E-state index is 0.0201. The summed E-state index contributed by atoms with van der Waals surface area (Å²) in [5.74, 6) is -6.11. The van der Waals surface area contributed by atoms with Crippen molar-refractivity contribution in [1.29, 1.82) is 0 Å². The van der Waals surface area contributed by atoms with Crippen LogP contribution in [0.15, 0.2) is 0 Å². The molecule has 0 amide bonds. The molecule has 162 valence electrons. The second-order valence-electron chi connectivity index (χ2n) is 8.45. The molecule has 0 aliphatic heterocycles. The summed E-state index contributed by atoms with van der Waals surface area (Å²) >= 11 is 0. The summed E-state index contributed by atoms with van der Waals surface area (Å²) in [7, 11) is 0. The van der Waals surface area contributed by atoms with Gasteiger partial charge in [-0.05, 0) is 37.5 Å². The Bertz CT molecular complexity index is 533. The summed E-state index contributed by atoms with van der Waals surface area (Å²) in [5.41, 5.74) is 0. The molecule has 0 bridgehead atoms. The Labute approximate surface area is 165 Å². The van der Waals surface area contributed by atoms with Gasteiger partial charge < -0.3 is 10.2 Å². The lowest BCUT2D eigenvalue weighted by Gasteiger charge is -2.22. The third-order valence-electron chi connectivity index (χ3n) is 5.64. The summed E-state index contributed by atoms with van der Waals surface area (Å²) in [6.07, 6.45) is 2.24. The first-order valence-corrected chi connectivity index (χ1v) is 10.4. The second kappa shape index (κ2) is 11.6. The first kappa shape index (κ1) is 24.7. The minimum Gasteiger partial charge on any atom is -0.481 e. The second-order valence-corrected chi connectivity index (χ2v) is 8.45. The van der Waals surface area contributed by atoms with E-state index >= 15 is 0 Å². The van der Waals surface area contributed by atoms with E-state index in [1.54, 1.807) is 0 Å². The van der Waals surface area contributed by atoms with Crippen LogP contribution < -0.4 is 0 Å². The van der Waals surface area contributed by atoms with Gasteiger partial charge in [-0.2, -0.15) is 8.78 Å². The molecule has 0 aromatic heterocycles. The number of carbonyl (C=O) groups is 3. The molecule has 3 atom stereocenters. The van der Waals surface area contributed by atoms with Crippen LogP contribution in [-0.4, -0.2) is 39.8 Å². The number of carboxylic acids is 1. The molecule has 1 aliphatic rings. The van der Waals surface area contributed by atoms with Crippen molar-refractivity contribution >= 4 is 17.5 Å². The number of carboxylic acid groups (broad SMARTS) is 1. The van der Waals surface area contributed by atoms with Crippen molar-refractivity contribution in [2.45, 2.75) is 96.5 Å². The molecule has 1 aliphatic carbocycles. The Morgan fingerprint density at radius 2 is 1.75 bits per heavy atom. The standard InChI is InChI=1S/C21H34F2O5/c1-14(2)11-12-21(22,23)19(26)10-9-16-15(17(24)13-18(16)25)7-5-3-4-6-8-20(27)28/h14-16,18,25H,3-13H2,1-2H3,(H,27,28)/t15-,16-,18-/m1/s1. The molecule has 0 unspecified atom stereocenters. The van der Waals surface area contributed by atoms with Gasteiger partial charge >= 0.3 is 11.9 Å². The number of halogens is 2. The molecular weight excluding hydrogens is 370 g/mol. The van der Waals surface area contributed by atoms with Gasteiger partial charge in [-0.1, -0.05) is 33.1 Å². The molecule has 1 rings (SSSR count). The fourth-order valence-corrected chi connectivity index (χ4v) is 3.87. The highest BCUT2D eigenvalue weighted by Crippen LogP contribution is 2.37. The molecule has 0 heterocycles. The van der Waals surface area contributed by atoms with E-state index in [1.165, 1.54) is 0 Å². The zero-order valence-corrected chi connectivity index (χ0v) is 17.0. The van der Waals surface area contributed by atoms with Crippen molar-refractivity contribution in [3.63, 3.8) is 0 Å². The Morgan fingerprint density at radius 3 is 2.36 bits per heavy atom. The normalized spacial score (nSPS) is 22.8. The molecule has 5 nitrogen and oxygen atoms in total. The monoisotopic (exact) mass is 404 g/mol. The highest BCUT2D eigenvalue weighted by Gasteiger charge is 2.43. The third-order valence-corrected chi connectivity index (χ3v) is 5.64. The highest BCUT2D eigenvalue weighted by atomic mass is 19.3. The van der Waals surface area contributed by atoms with Crippen molar-refractivity contribution in [3.05, 3.63) is 0 Å². The summed E-state index contributed by atoms with van der Waals surface area (Å²) < 4.78 is 28.0. The molecule has 2 N–H and O–H groups in total. The van der Waals surface area contributed by atoms with Crippen LogP contribution in [0.5, 0.6) is 0 Å². The zero-order chi connectivity index (χ0) is 21.3. The molecular formula is C21H34F2O5. The molecule has 0 saturated heterocycles. The summed E-state index contributed by atoms with van der Waals surface area (Å²) in [6.45, 7) is 3.65. The van der Waals surface area contributed by atoms with Gasteiger partial charge in [0.1, 0.15) is 5.78 Å². The van der Waals surface area contributed by atoms with Gasteiger partial charge in [0.2, 0.25) is 5.78 Å². The van der Waals surface area contributed by atoms with Crippen molar-refractivity contribution in [2.24, 2.45) is 17.8 Å². The average Bonchev–Trinajstić information content (AvgIpc) is 2.86. The van der Waals surface area contributed by atoms with Crippen LogP contribution in [0.3, 0.4) is 0 Å². The van der Waals surface area contributed by atoms with Gasteiger partial charge in [0.25, 0.3) is 0 Å². The maximum absolute atomic E-state index is 14.0. The van der Waals surface area contributed by atoms with Crippen LogP contribution in [0.2, 0.25) is 0 Å². The maximum atomic E-state index is 14.0. The molecule has 0 aromatic rings. The molecule has 1 fully saturated rings. The fraction of sp³-hybridized carbons (Fsp3) is 0.857. The van der Waals surface area contributed by atoms with Crippen LogP contribution in [0.25, 0.3) is 0 Å². The highest BCUT2D eigenvalue weighted by molar-refractivity contribution is 5.86. The number of carbonyl (C=O) groups excluding carboxylic acids is 2. The lowest BCUT2D eigenvalue weighted by molar-refractivity contribution is -0.145. The van der Waals surface area contributed by atoms with Crippen LogP contribution in [0.1, 0.15) is 84.5 Å². The largest absolute Gasteiger partial charge is 0.481 e. The molecule has 0 spiro atoms. The number of alkyl halides is 2. The zero-order valence-electron chi connectivity index (χ0n) is 17.0. The van der Waals surface area contributed by atoms with Gasteiger partial charge in [-0.25, -0.2) is 0 Å². The van der Waals surface area contributed by atoms with Crippen LogP contribution in [0, 0.1) is 17.8 Å². The van der Waals surface area contributed by atoms with Gasteiger partial charge in [-0.15, -0.1) is 0 Å². The quantitative estimate of drug-likeness (QED) is 0.419. The van der Waals surface area contributed by atoms with Crippen LogP contribution in [0.4, 0.5) is 8.78 Å². The number of unbranched alkanes of at least 4 members (excludes halogenated alkanes) is 3. The average molecular weight is 404 g/mol. The number of ketones is 2. The Kier molecular flexibility index (Phi) is 10.2. The lowest BCUT2D eigenvalue weighted by atomic mass is 9.84. The van der Waals surface area contributed by atoms with Crippen LogP contribution in [-0.2, 0) is 14.4 Å². The number of hydrogen-bond acceptors (Lipinski definition) is 4. The molecule has 0 aromatic carbocycles. The van der Waals surface area contributed by atoms with E-state index in [2.05, 4.69) is 0 Å². The van der Waals surface area contributed by atoms with E-state index < -0.39 is 42.0 Å². The molecule has 7 heteroatoms. The summed E-state index contributed by atoms with van der Waals surface area (Å²) in [5, 5.41) is 18.7. The van der Waals surface area contributed by atoms with E-state index in [1.807, 2.05) is 13.8 Å². The van der Waals surface area contributed by atoms with E-state index in [0.717, 1.165) is 19.3 Å². The minimum atomic E-state index is -3.35. The van der Waals surface area contributed by atoms with Gasteiger partial charge in [0.05, 0.1) is 6.10 Å². The van der Waals surface area contributed by atoms with E-state index in [4.69, 9.17) is 5.11 Å². The predicted octanol–water partition coefficient (Wildman–Crippen LogP) is 4.40. The number of rotatable bonds is 14. The van der Waals surface area contributed by atoms with E-state index in [-0.39, 0.29) is 43.8 Å². The van der Waals surface area contributed by atoms with Crippen molar-refractivity contribution in [1.82, 2.24) is 0 Å². The topological polar surface area (TPSA) is 91.7 Å². The smallest absolute Gasteiger partial charge is 0.305 e. The Balaban J connectivity index is 2.47. The number of hydrogen-bond donors (Lipinski definition) is 2. The number of Topliss-reactive ketones (excluding diaryl/α,β-unsaturated/α-hetero) is 2. The number of aliphatic hydroxyl groups excluding tert-OH is 1. The molecule has 28 heavy (non-hydrogen) atoms. The SMILES string of the molecule is CC(C)CCC(F)(F)C(=O)CC[C@H]1[C@H](O)CC(=O)[C@@H]1CCCCCCC(=O)O. The van der Waals surface area contributed by atoms with E-state index in [0.29, 0.717) is 12.8 Å². The van der Waals surface area contributed by atoms with Crippen molar-refractivity contribution in [3.8, 4) is 0 Å². The summed E-state index contributed by atoms with van der Waals surface area (Å²) in [6, 6.07) is 0.